The van der Waals surface area contributed by atoms with Gasteiger partial charge in [0.1, 0.15) is 0 Å². The Morgan fingerprint density at radius 1 is 1.38 bits per heavy atom. The fourth-order valence-corrected chi connectivity index (χ4v) is 2.01. The molecule has 1 atom stereocenters. The lowest BCUT2D eigenvalue weighted by atomic mass is 9.98. The van der Waals surface area contributed by atoms with Crippen molar-refractivity contribution in [2.45, 2.75) is 50.7 Å². The van der Waals surface area contributed by atoms with Crippen LogP contribution in [0.3, 0.4) is 0 Å². The van der Waals surface area contributed by atoms with E-state index in [2.05, 4.69) is 11.9 Å². The molecule has 1 saturated carbocycles. The first-order valence-corrected chi connectivity index (χ1v) is 6.44. The first-order valence-electron chi connectivity index (χ1n) is 6.44. The van der Waals surface area contributed by atoms with Crippen LogP contribution in [0.15, 0.2) is 12.7 Å². The van der Waals surface area contributed by atoms with Crippen LogP contribution < -0.4 is 5.32 Å². The van der Waals surface area contributed by atoms with E-state index in [4.69, 9.17) is 4.74 Å². The molecule has 94 valence electrons. The van der Waals surface area contributed by atoms with E-state index in [0.717, 1.165) is 25.8 Å². The Balaban J connectivity index is 1.96. The number of ether oxygens (including phenoxy) is 1. The number of aliphatic hydroxyl groups excluding tert-OH is 1. The highest BCUT2D eigenvalue weighted by atomic mass is 16.5. The summed E-state index contributed by atoms with van der Waals surface area (Å²) in [6.07, 6.45) is 9.03. The van der Waals surface area contributed by atoms with E-state index < -0.39 is 0 Å². The van der Waals surface area contributed by atoms with E-state index >= 15 is 0 Å². The third kappa shape index (κ3) is 6.26. The molecule has 0 bridgehead atoms. The summed E-state index contributed by atoms with van der Waals surface area (Å²) in [5.41, 5.74) is 0. The summed E-state index contributed by atoms with van der Waals surface area (Å²) in [5, 5.41) is 12.8. The topological polar surface area (TPSA) is 41.5 Å². The van der Waals surface area contributed by atoms with Crippen molar-refractivity contribution in [2.24, 2.45) is 0 Å². The standard InChI is InChI=1S/C13H25NO2/c1-2-3-9-14-10-12(15)11-16-13-7-5-4-6-8-13/h2,12-15H,1,3-11H2. The fourth-order valence-electron chi connectivity index (χ4n) is 2.01. The van der Waals surface area contributed by atoms with Crippen LogP contribution in [0, 0.1) is 0 Å². The number of aliphatic hydroxyl groups is 1. The molecule has 0 amide bonds. The van der Waals surface area contributed by atoms with Gasteiger partial charge in [-0.05, 0) is 25.8 Å². The third-order valence-electron chi connectivity index (χ3n) is 2.98. The number of hydrogen-bond donors (Lipinski definition) is 2. The van der Waals surface area contributed by atoms with Gasteiger partial charge in [0, 0.05) is 6.54 Å². The third-order valence-corrected chi connectivity index (χ3v) is 2.98. The largest absolute Gasteiger partial charge is 0.389 e. The maximum atomic E-state index is 9.67. The molecule has 1 rings (SSSR count). The molecular weight excluding hydrogens is 202 g/mol. The molecule has 1 aliphatic rings. The van der Waals surface area contributed by atoms with E-state index in [9.17, 15) is 5.11 Å². The highest BCUT2D eigenvalue weighted by Crippen LogP contribution is 2.20. The molecular formula is C13H25NO2. The van der Waals surface area contributed by atoms with Crippen LogP contribution in [0.2, 0.25) is 0 Å². The molecule has 16 heavy (non-hydrogen) atoms. The van der Waals surface area contributed by atoms with Gasteiger partial charge >= 0.3 is 0 Å². The quantitative estimate of drug-likeness (QED) is 0.491. The Morgan fingerprint density at radius 3 is 2.81 bits per heavy atom. The van der Waals surface area contributed by atoms with E-state index in [1.54, 1.807) is 0 Å². The van der Waals surface area contributed by atoms with Gasteiger partial charge in [0.2, 0.25) is 0 Å². The van der Waals surface area contributed by atoms with Gasteiger partial charge in [-0.1, -0.05) is 25.3 Å². The van der Waals surface area contributed by atoms with Crippen molar-refractivity contribution in [1.82, 2.24) is 5.32 Å². The second kappa shape index (κ2) is 8.74. The molecule has 0 spiro atoms. The van der Waals surface area contributed by atoms with Crippen molar-refractivity contribution in [1.29, 1.82) is 0 Å². The van der Waals surface area contributed by atoms with Gasteiger partial charge in [0.15, 0.2) is 0 Å². The highest BCUT2D eigenvalue weighted by molar-refractivity contribution is 4.69. The van der Waals surface area contributed by atoms with Crippen LogP contribution in [0.1, 0.15) is 38.5 Å². The monoisotopic (exact) mass is 227 g/mol. The molecule has 3 nitrogen and oxygen atoms in total. The smallest absolute Gasteiger partial charge is 0.0897 e. The molecule has 0 aromatic carbocycles. The zero-order valence-corrected chi connectivity index (χ0v) is 10.2. The van der Waals surface area contributed by atoms with Crippen molar-refractivity contribution >= 4 is 0 Å². The van der Waals surface area contributed by atoms with E-state index in [1.807, 2.05) is 6.08 Å². The molecule has 2 N–H and O–H groups in total. The molecule has 3 heteroatoms. The van der Waals surface area contributed by atoms with Crippen molar-refractivity contribution < 1.29 is 9.84 Å². The van der Waals surface area contributed by atoms with E-state index in [1.165, 1.54) is 19.3 Å². The zero-order chi connectivity index (χ0) is 11.6. The van der Waals surface area contributed by atoms with Crippen molar-refractivity contribution in [2.75, 3.05) is 19.7 Å². The Hall–Kier alpha value is -0.380. The molecule has 0 aliphatic heterocycles. The minimum absolute atomic E-state index is 0.383. The Labute approximate surface area is 98.9 Å². The maximum absolute atomic E-state index is 9.67. The molecule has 0 saturated heterocycles. The van der Waals surface area contributed by atoms with Crippen LogP contribution in [-0.2, 0) is 4.74 Å². The minimum atomic E-state index is -0.383. The number of hydrogen-bond acceptors (Lipinski definition) is 3. The maximum Gasteiger partial charge on any atom is 0.0897 e. The molecule has 0 radical (unpaired) electrons. The highest BCUT2D eigenvalue weighted by Gasteiger charge is 2.15. The van der Waals surface area contributed by atoms with Gasteiger partial charge in [-0.2, -0.15) is 0 Å². The van der Waals surface area contributed by atoms with Crippen LogP contribution >= 0.6 is 0 Å². The lowest BCUT2D eigenvalue weighted by molar-refractivity contribution is -0.0228. The molecule has 0 aromatic heterocycles. The number of rotatable bonds is 8. The summed E-state index contributed by atoms with van der Waals surface area (Å²) in [4.78, 5) is 0. The average molecular weight is 227 g/mol. The second-order valence-corrected chi connectivity index (χ2v) is 4.53. The van der Waals surface area contributed by atoms with Gasteiger partial charge < -0.3 is 15.2 Å². The summed E-state index contributed by atoms with van der Waals surface area (Å²) in [6, 6.07) is 0. The van der Waals surface area contributed by atoms with Crippen LogP contribution in [0.25, 0.3) is 0 Å². The fraction of sp³-hybridized carbons (Fsp3) is 0.846. The summed E-state index contributed by atoms with van der Waals surface area (Å²) >= 11 is 0. The predicted molar refractivity (Wildman–Crippen MR) is 66.5 cm³/mol. The molecule has 1 aliphatic carbocycles. The van der Waals surface area contributed by atoms with Gasteiger partial charge in [-0.25, -0.2) is 0 Å². The van der Waals surface area contributed by atoms with Crippen LogP contribution in [0.4, 0.5) is 0 Å². The minimum Gasteiger partial charge on any atom is -0.389 e. The summed E-state index contributed by atoms with van der Waals surface area (Å²) in [6.45, 7) is 5.60. The summed E-state index contributed by atoms with van der Waals surface area (Å²) < 4.78 is 5.69. The molecule has 1 unspecified atom stereocenters. The second-order valence-electron chi connectivity index (χ2n) is 4.53. The van der Waals surface area contributed by atoms with Crippen molar-refractivity contribution in [3.63, 3.8) is 0 Å². The van der Waals surface area contributed by atoms with E-state index in [0.29, 0.717) is 19.3 Å². The van der Waals surface area contributed by atoms with Gasteiger partial charge in [0.25, 0.3) is 0 Å². The predicted octanol–water partition coefficient (Wildman–Crippen LogP) is 1.86. The van der Waals surface area contributed by atoms with Crippen molar-refractivity contribution in [3.8, 4) is 0 Å². The molecule has 0 heterocycles. The van der Waals surface area contributed by atoms with Gasteiger partial charge in [-0.3, -0.25) is 0 Å². The van der Waals surface area contributed by atoms with Gasteiger partial charge in [-0.15, -0.1) is 6.58 Å². The SMILES string of the molecule is C=CCCNCC(O)COC1CCCCC1. The Morgan fingerprint density at radius 2 is 2.12 bits per heavy atom. The Bertz CT molecular complexity index is 179. The first-order chi connectivity index (χ1) is 7.83. The number of nitrogens with one attached hydrogen (secondary N) is 1. The van der Waals surface area contributed by atoms with Crippen LogP contribution in [0.5, 0.6) is 0 Å². The average Bonchev–Trinajstić information content (AvgIpc) is 2.33. The Kier molecular flexibility index (Phi) is 7.47. The first kappa shape index (κ1) is 13.7. The summed E-state index contributed by atoms with van der Waals surface area (Å²) in [7, 11) is 0. The zero-order valence-electron chi connectivity index (χ0n) is 10.2. The lowest BCUT2D eigenvalue weighted by Crippen LogP contribution is -2.32. The summed E-state index contributed by atoms with van der Waals surface area (Å²) in [5.74, 6) is 0. The van der Waals surface area contributed by atoms with Gasteiger partial charge in [0.05, 0.1) is 18.8 Å². The molecule has 0 aromatic rings. The lowest BCUT2D eigenvalue weighted by Gasteiger charge is -2.23. The normalized spacial score (nSPS) is 19.6. The molecule has 1 fully saturated rings. The van der Waals surface area contributed by atoms with Crippen LogP contribution in [-0.4, -0.2) is 37.0 Å². The van der Waals surface area contributed by atoms with E-state index in [-0.39, 0.29) is 6.10 Å². The van der Waals surface area contributed by atoms with Crippen molar-refractivity contribution in [3.05, 3.63) is 12.7 Å².